The summed E-state index contributed by atoms with van der Waals surface area (Å²) >= 11 is 1.81. The minimum absolute atomic E-state index is 0. The van der Waals surface area contributed by atoms with Gasteiger partial charge in [-0.3, -0.25) is 4.98 Å². The lowest BCUT2D eigenvalue weighted by molar-refractivity contribution is 0.0855. The molecule has 1 aromatic carbocycles. The molecule has 0 atom stereocenters. The Morgan fingerprint density at radius 1 is 1.20 bits per heavy atom. The van der Waals surface area contributed by atoms with Gasteiger partial charge in [-0.15, -0.1) is 0 Å². The summed E-state index contributed by atoms with van der Waals surface area (Å²) in [6, 6.07) is 9.69. The van der Waals surface area contributed by atoms with Crippen LogP contribution in [0.15, 0.2) is 36.5 Å². The Hall–Kier alpha value is -2.31. The van der Waals surface area contributed by atoms with Crippen molar-refractivity contribution in [3.8, 4) is 16.9 Å². The maximum Gasteiger partial charge on any atom is 0.130 e. The van der Waals surface area contributed by atoms with Crippen molar-refractivity contribution in [2.24, 2.45) is 0 Å². The molecule has 160 valence electrons. The summed E-state index contributed by atoms with van der Waals surface area (Å²) in [5, 5.41) is 14.7. The zero-order valence-electron chi connectivity index (χ0n) is 16.9. The average molecular weight is 426 g/mol. The minimum atomic E-state index is 0. The topological polar surface area (TPSA) is 67.3 Å². The number of hydrogen-bond acceptors (Lipinski definition) is 6. The number of phenolic OH excluding ortho intramolecular Hbond substituents is 1. The van der Waals surface area contributed by atoms with E-state index in [2.05, 4.69) is 28.7 Å². The zero-order chi connectivity index (χ0) is 20.2. The number of nitrogens with zero attached hydrogens (tertiary/aromatic N) is 2. The lowest BCUT2D eigenvalue weighted by Crippen LogP contribution is -2.18. The molecule has 0 saturated carbocycles. The maximum absolute atomic E-state index is 10.1. The monoisotopic (exact) mass is 425 g/mol. The molecule has 5 nitrogen and oxygen atoms in total. The second kappa shape index (κ2) is 10.1. The van der Waals surface area contributed by atoms with Crippen LogP contribution in [0.1, 0.15) is 37.4 Å². The fraction of sp³-hybridized carbons (Fsp3) is 0.417. The Labute approximate surface area is 183 Å². The van der Waals surface area contributed by atoms with Crippen molar-refractivity contribution in [3.63, 3.8) is 0 Å². The van der Waals surface area contributed by atoms with Crippen molar-refractivity contribution in [1.29, 1.82) is 0 Å². The molecule has 1 saturated heterocycles. The van der Waals surface area contributed by atoms with Gasteiger partial charge >= 0.3 is 0 Å². The van der Waals surface area contributed by atoms with E-state index in [1.54, 1.807) is 12.1 Å². The van der Waals surface area contributed by atoms with Crippen molar-refractivity contribution in [3.05, 3.63) is 47.8 Å². The van der Waals surface area contributed by atoms with Crippen LogP contribution in [0, 0.1) is 6.92 Å². The molecule has 6 heteroatoms. The molecule has 0 unspecified atom stereocenters. The molecule has 3 aromatic rings. The molecule has 0 amide bonds. The highest BCUT2D eigenvalue weighted by Crippen LogP contribution is 2.43. The highest BCUT2D eigenvalue weighted by atomic mass is 32.2. The van der Waals surface area contributed by atoms with Crippen LogP contribution in [-0.2, 0) is 4.74 Å². The highest BCUT2D eigenvalue weighted by molar-refractivity contribution is 7.98. The number of rotatable bonds is 6. The van der Waals surface area contributed by atoms with Crippen LogP contribution in [0.2, 0.25) is 0 Å². The van der Waals surface area contributed by atoms with Gasteiger partial charge in [0, 0.05) is 54.4 Å². The highest BCUT2D eigenvalue weighted by Gasteiger charge is 2.26. The number of thioether (sulfide) groups is 1. The van der Waals surface area contributed by atoms with Crippen LogP contribution in [-0.4, -0.2) is 46.8 Å². The first-order valence-corrected chi connectivity index (χ1v) is 11.5. The van der Waals surface area contributed by atoms with Crippen molar-refractivity contribution in [2.45, 2.75) is 33.1 Å². The van der Waals surface area contributed by atoms with Gasteiger partial charge in [-0.05, 0) is 67.3 Å². The van der Waals surface area contributed by atoms with Crippen molar-refractivity contribution >= 4 is 28.5 Å². The van der Waals surface area contributed by atoms with Gasteiger partial charge in [0.1, 0.15) is 11.6 Å². The third kappa shape index (κ3) is 4.71. The number of benzene rings is 1. The van der Waals surface area contributed by atoms with Crippen LogP contribution in [0.5, 0.6) is 5.75 Å². The summed E-state index contributed by atoms with van der Waals surface area (Å²) < 4.78 is 5.64. The normalized spacial score (nSPS) is 14.5. The third-order valence-electron chi connectivity index (χ3n) is 5.42. The van der Waals surface area contributed by atoms with Gasteiger partial charge in [0.05, 0.1) is 5.52 Å². The minimum Gasteiger partial charge on any atom is -0.508 e. The first-order chi connectivity index (χ1) is 14.2. The van der Waals surface area contributed by atoms with Crippen LogP contribution < -0.4 is 5.32 Å². The molecule has 3 heterocycles. The Bertz CT molecular complexity index is 1000. The first-order valence-electron chi connectivity index (χ1n) is 10.1. The summed E-state index contributed by atoms with van der Waals surface area (Å²) in [5.41, 5.74) is 5.39. The molecule has 0 aliphatic carbocycles. The Morgan fingerprint density at radius 2 is 2.00 bits per heavy atom. The molecule has 2 N–H and O–H groups in total. The van der Waals surface area contributed by atoms with E-state index in [9.17, 15) is 5.11 Å². The summed E-state index contributed by atoms with van der Waals surface area (Å²) in [5.74, 6) is 2.55. The lowest BCUT2D eigenvalue weighted by atomic mass is 9.84. The molecular weight excluding hydrogens is 394 g/mol. The Kier molecular flexibility index (Phi) is 7.56. The van der Waals surface area contributed by atoms with E-state index < -0.39 is 0 Å². The van der Waals surface area contributed by atoms with Crippen molar-refractivity contribution in [1.82, 2.24) is 9.97 Å². The summed E-state index contributed by atoms with van der Waals surface area (Å²) in [7, 11) is 0. The molecule has 1 fully saturated rings. The second-order valence-electron chi connectivity index (χ2n) is 7.44. The third-order valence-corrected chi connectivity index (χ3v) is 6.03. The van der Waals surface area contributed by atoms with E-state index in [-0.39, 0.29) is 13.2 Å². The standard InChI is InChI=1S/C23H27N3O2S.CH4/c1-15-13-17(5-8-24-15)21-19-4-3-18(27)14-20(19)26-23(25-9-12-29-2)22(21)16-6-10-28-11-7-16;/h3-5,8,13-14,16,27H,6-7,9-12H2,1-2H3,(H,25,26);1H4. The fourth-order valence-corrected chi connectivity index (χ4v) is 4.38. The largest absolute Gasteiger partial charge is 0.508 e. The molecule has 2 aromatic heterocycles. The first kappa shape index (κ1) is 22.4. The van der Waals surface area contributed by atoms with Gasteiger partial charge in [0.25, 0.3) is 0 Å². The van der Waals surface area contributed by atoms with E-state index in [1.165, 1.54) is 11.1 Å². The number of ether oxygens (including phenoxy) is 1. The van der Waals surface area contributed by atoms with Gasteiger partial charge in [0.2, 0.25) is 0 Å². The molecule has 4 rings (SSSR count). The summed E-state index contributed by atoms with van der Waals surface area (Å²) in [6.07, 6.45) is 5.95. The van der Waals surface area contributed by atoms with Crippen LogP contribution in [0.4, 0.5) is 5.82 Å². The smallest absolute Gasteiger partial charge is 0.130 e. The quantitative estimate of drug-likeness (QED) is 0.500. The number of phenols is 1. The number of hydrogen-bond donors (Lipinski definition) is 2. The summed E-state index contributed by atoms with van der Waals surface area (Å²) in [4.78, 5) is 9.35. The van der Waals surface area contributed by atoms with E-state index in [1.807, 2.05) is 30.9 Å². The molecule has 30 heavy (non-hydrogen) atoms. The predicted molar refractivity (Wildman–Crippen MR) is 128 cm³/mol. The maximum atomic E-state index is 10.1. The SMILES string of the molecule is C.CSCCNc1nc2cc(O)ccc2c(-c2ccnc(C)c2)c1C1CCOCC1. The predicted octanol–water partition coefficient (Wildman–Crippen LogP) is 5.62. The molecule has 0 bridgehead atoms. The van der Waals surface area contributed by atoms with Gasteiger partial charge < -0.3 is 15.2 Å². The number of fused-ring (bicyclic) bond motifs is 1. The molecule has 1 aliphatic rings. The summed E-state index contributed by atoms with van der Waals surface area (Å²) in [6.45, 7) is 4.42. The van der Waals surface area contributed by atoms with E-state index in [4.69, 9.17) is 9.72 Å². The van der Waals surface area contributed by atoms with E-state index >= 15 is 0 Å². The average Bonchev–Trinajstić information content (AvgIpc) is 2.73. The number of nitrogens with one attached hydrogen (secondary N) is 1. The lowest BCUT2D eigenvalue weighted by Gasteiger charge is -2.28. The number of aromatic hydroxyl groups is 1. The number of pyridine rings is 2. The second-order valence-corrected chi connectivity index (χ2v) is 8.43. The van der Waals surface area contributed by atoms with Gasteiger partial charge in [-0.1, -0.05) is 7.43 Å². The molecular formula is C24H31N3O2S. The van der Waals surface area contributed by atoms with Crippen molar-refractivity contribution in [2.75, 3.05) is 37.1 Å². The van der Waals surface area contributed by atoms with Crippen molar-refractivity contribution < 1.29 is 9.84 Å². The molecule has 0 spiro atoms. The Morgan fingerprint density at radius 3 is 2.73 bits per heavy atom. The van der Waals surface area contributed by atoms with Crippen LogP contribution >= 0.6 is 11.8 Å². The molecule has 0 radical (unpaired) electrons. The number of aromatic nitrogens is 2. The van der Waals surface area contributed by atoms with Gasteiger partial charge in [-0.25, -0.2) is 4.98 Å². The number of aryl methyl sites for hydroxylation is 1. The van der Waals surface area contributed by atoms with Crippen LogP contribution in [0.25, 0.3) is 22.0 Å². The molecule has 1 aliphatic heterocycles. The van der Waals surface area contributed by atoms with Gasteiger partial charge in [-0.2, -0.15) is 11.8 Å². The van der Waals surface area contributed by atoms with E-state index in [0.717, 1.165) is 66.3 Å². The fourth-order valence-electron chi connectivity index (χ4n) is 4.07. The Balaban J connectivity index is 0.00000256. The van der Waals surface area contributed by atoms with E-state index in [0.29, 0.717) is 5.92 Å². The van der Waals surface area contributed by atoms with Crippen LogP contribution in [0.3, 0.4) is 0 Å². The zero-order valence-corrected chi connectivity index (χ0v) is 17.8. The van der Waals surface area contributed by atoms with Gasteiger partial charge in [0.15, 0.2) is 0 Å². The number of anilines is 1.